The van der Waals surface area contributed by atoms with Crippen LogP contribution in [0.3, 0.4) is 0 Å². The second-order valence-corrected chi connectivity index (χ2v) is 7.97. The number of nitrogens with zero attached hydrogens (tertiary/aromatic N) is 1. The van der Waals surface area contributed by atoms with Crippen LogP contribution < -0.4 is 10.6 Å². The third-order valence-electron chi connectivity index (χ3n) is 5.44. The summed E-state index contributed by atoms with van der Waals surface area (Å²) >= 11 is 0. The van der Waals surface area contributed by atoms with Gasteiger partial charge in [0.1, 0.15) is 5.71 Å². The molecule has 0 aliphatic rings. The molecular weight excluding hydrogens is 426 g/mol. The number of hydrogen-bond acceptors (Lipinski definition) is 3. The lowest BCUT2D eigenvalue weighted by Gasteiger charge is -2.18. The number of aliphatic imine (C=N–C) groups is 1. The number of rotatable bonds is 9. The zero-order valence-corrected chi connectivity index (χ0v) is 19.5. The van der Waals surface area contributed by atoms with Gasteiger partial charge in [-0.05, 0) is 43.0 Å². The van der Waals surface area contributed by atoms with Crippen molar-refractivity contribution in [3.05, 3.63) is 107 Å². The Balaban J connectivity index is 1.49. The summed E-state index contributed by atoms with van der Waals surface area (Å²) in [6, 6.07) is 26.4. The molecule has 0 aliphatic carbocycles. The van der Waals surface area contributed by atoms with Crippen LogP contribution in [0.4, 0.5) is 0 Å². The smallest absolute Gasteiger partial charge is 0.277 e. The molecule has 6 heteroatoms. The highest BCUT2D eigenvalue weighted by molar-refractivity contribution is 6.39. The van der Waals surface area contributed by atoms with E-state index in [1.807, 2.05) is 79.7 Å². The number of aryl methyl sites for hydroxylation is 1. The Morgan fingerprint density at radius 3 is 1.88 bits per heavy atom. The van der Waals surface area contributed by atoms with Gasteiger partial charge in [0.2, 0.25) is 5.91 Å². The molecule has 3 aromatic carbocycles. The first kappa shape index (κ1) is 24.6. The number of hydrogen-bond donors (Lipinski definition) is 2. The maximum absolute atomic E-state index is 13.0. The van der Waals surface area contributed by atoms with Crippen molar-refractivity contribution in [2.75, 3.05) is 13.1 Å². The van der Waals surface area contributed by atoms with Crippen LogP contribution in [-0.4, -0.2) is 36.5 Å². The largest absolute Gasteiger partial charge is 0.355 e. The molecule has 0 aromatic heterocycles. The minimum Gasteiger partial charge on any atom is -0.355 e. The molecule has 174 valence electrons. The molecule has 3 rings (SSSR count). The van der Waals surface area contributed by atoms with Gasteiger partial charge in [0.25, 0.3) is 11.8 Å². The van der Waals surface area contributed by atoms with E-state index in [0.29, 0.717) is 25.1 Å². The van der Waals surface area contributed by atoms with E-state index in [1.165, 1.54) is 6.92 Å². The maximum Gasteiger partial charge on any atom is 0.277 e. The number of carbonyl (C=O) groups excluding carboxylic acids is 3. The molecule has 0 saturated carbocycles. The molecule has 0 bridgehead atoms. The van der Waals surface area contributed by atoms with Gasteiger partial charge in [-0.15, -0.1) is 0 Å². The predicted octanol–water partition coefficient (Wildman–Crippen LogP) is 4.05. The van der Waals surface area contributed by atoms with E-state index in [0.717, 1.165) is 16.7 Å². The SMILES string of the molecule is CC(=NC(=O)c1ccccc1C)C(=O)NCCCNC(=O)C(c1ccccc1)c1ccccc1. The first-order valence-corrected chi connectivity index (χ1v) is 11.3. The van der Waals surface area contributed by atoms with Gasteiger partial charge >= 0.3 is 0 Å². The second-order valence-electron chi connectivity index (χ2n) is 7.97. The Morgan fingerprint density at radius 2 is 1.29 bits per heavy atom. The van der Waals surface area contributed by atoms with Crippen molar-refractivity contribution in [1.82, 2.24) is 10.6 Å². The van der Waals surface area contributed by atoms with Crippen LogP contribution in [0.1, 0.15) is 46.3 Å². The zero-order valence-electron chi connectivity index (χ0n) is 19.5. The lowest BCUT2D eigenvalue weighted by molar-refractivity contribution is -0.121. The van der Waals surface area contributed by atoms with Crippen LogP contribution in [-0.2, 0) is 9.59 Å². The van der Waals surface area contributed by atoms with Gasteiger partial charge in [0.05, 0.1) is 5.92 Å². The van der Waals surface area contributed by atoms with E-state index in [9.17, 15) is 14.4 Å². The molecule has 3 amide bonds. The van der Waals surface area contributed by atoms with E-state index in [1.54, 1.807) is 12.1 Å². The van der Waals surface area contributed by atoms with Crippen molar-refractivity contribution in [1.29, 1.82) is 0 Å². The summed E-state index contributed by atoms with van der Waals surface area (Å²) in [5.41, 5.74) is 3.23. The average molecular weight is 456 g/mol. The number of carbonyl (C=O) groups is 3. The Kier molecular flexibility index (Phi) is 8.86. The summed E-state index contributed by atoms with van der Waals surface area (Å²) in [6.07, 6.45) is 0.548. The summed E-state index contributed by atoms with van der Waals surface area (Å²) in [4.78, 5) is 41.5. The molecule has 0 saturated heterocycles. The molecule has 0 heterocycles. The zero-order chi connectivity index (χ0) is 24.3. The molecule has 3 aromatic rings. The minimum atomic E-state index is -0.439. The van der Waals surface area contributed by atoms with Crippen LogP contribution in [0.5, 0.6) is 0 Å². The monoisotopic (exact) mass is 455 g/mol. The van der Waals surface area contributed by atoms with Gasteiger partial charge < -0.3 is 10.6 Å². The quantitative estimate of drug-likeness (QED) is 0.377. The fourth-order valence-corrected chi connectivity index (χ4v) is 3.59. The molecule has 34 heavy (non-hydrogen) atoms. The average Bonchev–Trinajstić information content (AvgIpc) is 2.85. The standard InChI is InChI=1S/C28H29N3O3/c1-20-12-9-10-17-24(20)27(33)31-21(2)26(32)29-18-11-19-30-28(34)25(22-13-5-3-6-14-22)23-15-7-4-8-16-23/h3-10,12-17,25H,11,18-19H2,1-2H3,(H,29,32)(H,30,34). The molecule has 0 fully saturated rings. The lowest BCUT2D eigenvalue weighted by Crippen LogP contribution is -2.35. The maximum atomic E-state index is 13.0. The fourth-order valence-electron chi connectivity index (χ4n) is 3.59. The minimum absolute atomic E-state index is 0.0923. The summed E-state index contributed by atoms with van der Waals surface area (Å²) in [5.74, 6) is -1.34. The second kappa shape index (κ2) is 12.3. The van der Waals surface area contributed by atoms with Crippen molar-refractivity contribution in [3.8, 4) is 0 Å². The molecule has 0 radical (unpaired) electrons. The van der Waals surface area contributed by atoms with Crippen molar-refractivity contribution < 1.29 is 14.4 Å². The Hall–Kier alpha value is -4.06. The first-order chi connectivity index (χ1) is 16.5. The normalized spacial score (nSPS) is 11.2. The molecule has 2 N–H and O–H groups in total. The van der Waals surface area contributed by atoms with E-state index in [-0.39, 0.29) is 11.6 Å². The van der Waals surface area contributed by atoms with Crippen LogP contribution in [0.2, 0.25) is 0 Å². The van der Waals surface area contributed by atoms with Crippen molar-refractivity contribution in [2.45, 2.75) is 26.2 Å². The van der Waals surface area contributed by atoms with Crippen molar-refractivity contribution in [3.63, 3.8) is 0 Å². The molecule has 0 aliphatic heterocycles. The Labute approximate surface area is 200 Å². The summed E-state index contributed by atoms with van der Waals surface area (Å²) in [7, 11) is 0. The third kappa shape index (κ3) is 6.72. The summed E-state index contributed by atoms with van der Waals surface area (Å²) in [6.45, 7) is 4.10. The number of benzene rings is 3. The topological polar surface area (TPSA) is 87.6 Å². The van der Waals surface area contributed by atoms with Gasteiger partial charge in [-0.2, -0.15) is 0 Å². The number of amides is 3. The molecule has 6 nitrogen and oxygen atoms in total. The highest BCUT2D eigenvalue weighted by Crippen LogP contribution is 2.24. The van der Waals surface area contributed by atoms with Gasteiger partial charge in [-0.25, -0.2) is 4.99 Å². The third-order valence-corrected chi connectivity index (χ3v) is 5.44. The Morgan fingerprint density at radius 1 is 0.765 bits per heavy atom. The van der Waals surface area contributed by atoms with Crippen molar-refractivity contribution >= 4 is 23.4 Å². The first-order valence-electron chi connectivity index (χ1n) is 11.3. The van der Waals surface area contributed by atoms with Gasteiger partial charge in [-0.1, -0.05) is 78.9 Å². The molecule has 0 atom stereocenters. The van der Waals surface area contributed by atoms with Crippen LogP contribution in [0.25, 0.3) is 0 Å². The Bertz CT molecular complexity index is 1120. The highest BCUT2D eigenvalue weighted by atomic mass is 16.2. The fraction of sp³-hybridized carbons (Fsp3) is 0.214. The predicted molar refractivity (Wildman–Crippen MR) is 134 cm³/mol. The lowest BCUT2D eigenvalue weighted by atomic mass is 9.90. The summed E-state index contributed by atoms with van der Waals surface area (Å²) < 4.78 is 0. The highest BCUT2D eigenvalue weighted by Gasteiger charge is 2.22. The molecule has 0 spiro atoms. The molecular formula is C28H29N3O3. The van der Waals surface area contributed by atoms with Crippen molar-refractivity contribution in [2.24, 2.45) is 4.99 Å². The van der Waals surface area contributed by atoms with Crippen LogP contribution in [0.15, 0.2) is 89.9 Å². The number of nitrogens with one attached hydrogen (secondary N) is 2. The van der Waals surface area contributed by atoms with Crippen LogP contribution >= 0.6 is 0 Å². The molecule has 0 unspecified atom stereocenters. The van der Waals surface area contributed by atoms with Crippen LogP contribution in [0, 0.1) is 6.92 Å². The van der Waals surface area contributed by atoms with E-state index in [4.69, 9.17) is 0 Å². The van der Waals surface area contributed by atoms with Gasteiger partial charge in [0.15, 0.2) is 0 Å². The van der Waals surface area contributed by atoms with E-state index >= 15 is 0 Å². The van der Waals surface area contributed by atoms with E-state index in [2.05, 4.69) is 15.6 Å². The van der Waals surface area contributed by atoms with E-state index < -0.39 is 17.7 Å². The van der Waals surface area contributed by atoms with Gasteiger partial charge in [0, 0.05) is 18.7 Å². The summed E-state index contributed by atoms with van der Waals surface area (Å²) in [5, 5.41) is 5.71. The van der Waals surface area contributed by atoms with Gasteiger partial charge in [-0.3, -0.25) is 14.4 Å².